The number of benzene rings is 2. The predicted molar refractivity (Wildman–Crippen MR) is 114 cm³/mol. The zero-order valence-corrected chi connectivity index (χ0v) is 18.1. The fraction of sp³-hybridized carbons (Fsp3) is 0.300. The van der Waals surface area contributed by atoms with Gasteiger partial charge >= 0.3 is 0 Å². The van der Waals surface area contributed by atoms with Crippen LogP contribution < -0.4 is 4.90 Å². The molecule has 0 fully saturated rings. The van der Waals surface area contributed by atoms with E-state index in [-0.39, 0.29) is 17.3 Å². The number of anilines is 1. The SMILES string of the molecule is Cc1ccc(S(=O)(=O)CC(=O)N(CCN(C)C)c2nc3ccc(F)cc3s2)cc1. The summed E-state index contributed by atoms with van der Waals surface area (Å²) in [7, 11) is -0.0715. The normalized spacial score (nSPS) is 11.9. The third-order valence-electron chi connectivity index (χ3n) is 4.34. The maximum absolute atomic E-state index is 13.5. The van der Waals surface area contributed by atoms with E-state index in [1.165, 1.54) is 29.2 Å². The maximum atomic E-state index is 13.5. The van der Waals surface area contributed by atoms with Gasteiger partial charge in [-0.2, -0.15) is 0 Å². The second-order valence-electron chi connectivity index (χ2n) is 7.03. The highest BCUT2D eigenvalue weighted by Gasteiger charge is 2.26. The van der Waals surface area contributed by atoms with Crippen molar-refractivity contribution in [2.75, 3.05) is 37.8 Å². The number of halogens is 1. The molecule has 0 unspecified atom stereocenters. The number of aryl methyl sites for hydroxylation is 1. The number of aromatic nitrogens is 1. The molecule has 0 radical (unpaired) electrons. The van der Waals surface area contributed by atoms with Crippen molar-refractivity contribution in [3.8, 4) is 0 Å². The van der Waals surface area contributed by atoms with E-state index >= 15 is 0 Å². The summed E-state index contributed by atoms with van der Waals surface area (Å²) in [6, 6.07) is 10.6. The molecule has 0 saturated heterocycles. The minimum atomic E-state index is -3.79. The van der Waals surface area contributed by atoms with Crippen LogP contribution in [0.3, 0.4) is 0 Å². The van der Waals surface area contributed by atoms with Gasteiger partial charge in [-0.25, -0.2) is 17.8 Å². The van der Waals surface area contributed by atoms with Crippen LogP contribution in [0.2, 0.25) is 0 Å². The molecular formula is C20H22FN3O3S2. The lowest BCUT2D eigenvalue weighted by Crippen LogP contribution is -2.40. The first-order valence-corrected chi connectivity index (χ1v) is 11.4. The van der Waals surface area contributed by atoms with Crippen LogP contribution in [0.4, 0.5) is 9.52 Å². The summed E-state index contributed by atoms with van der Waals surface area (Å²) >= 11 is 1.16. The molecule has 9 heteroatoms. The molecule has 2 aromatic carbocycles. The number of hydrogen-bond donors (Lipinski definition) is 0. The van der Waals surface area contributed by atoms with Gasteiger partial charge < -0.3 is 4.90 Å². The number of thiazole rings is 1. The third-order valence-corrected chi connectivity index (χ3v) is 6.99. The number of carbonyl (C=O) groups excluding carboxylic acids is 1. The smallest absolute Gasteiger partial charge is 0.244 e. The Bertz CT molecular complexity index is 1130. The average molecular weight is 436 g/mol. The minimum absolute atomic E-state index is 0.107. The Morgan fingerprint density at radius 1 is 1.10 bits per heavy atom. The van der Waals surface area contributed by atoms with Crippen LogP contribution in [-0.4, -0.2) is 57.1 Å². The molecule has 1 amide bonds. The minimum Gasteiger partial charge on any atom is -0.308 e. The first kappa shape index (κ1) is 21.4. The Balaban J connectivity index is 1.90. The summed E-state index contributed by atoms with van der Waals surface area (Å²) < 4.78 is 39.6. The van der Waals surface area contributed by atoms with Crippen LogP contribution >= 0.6 is 11.3 Å². The highest BCUT2D eigenvalue weighted by Crippen LogP contribution is 2.29. The van der Waals surface area contributed by atoms with Crippen molar-refractivity contribution in [2.24, 2.45) is 0 Å². The second-order valence-corrected chi connectivity index (χ2v) is 10.0. The first-order chi connectivity index (χ1) is 13.7. The van der Waals surface area contributed by atoms with Crippen LogP contribution in [0.1, 0.15) is 5.56 Å². The molecule has 1 aromatic heterocycles. The average Bonchev–Trinajstić information content (AvgIpc) is 3.04. The molecule has 0 saturated carbocycles. The molecular weight excluding hydrogens is 413 g/mol. The van der Waals surface area contributed by atoms with Gasteiger partial charge in [0.1, 0.15) is 11.6 Å². The molecule has 29 heavy (non-hydrogen) atoms. The fourth-order valence-corrected chi connectivity index (χ4v) is 4.93. The molecule has 0 atom stereocenters. The van der Waals surface area contributed by atoms with Crippen molar-refractivity contribution in [3.63, 3.8) is 0 Å². The molecule has 3 aromatic rings. The summed E-state index contributed by atoms with van der Waals surface area (Å²) in [5.41, 5.74) is 1.50. The lowest BCUT2D eigenvalue weighted by atomic mass is 10.2. The van der Waals surface area contributed by atoms with E-state index < -0.39 is 21.5 Å². The van der Waals surface area contributed by atoms with E-state index in [0.29, 0.717) is 21.9 Å². The number of amides is 1. The molecule has 0 spiro atoms. The highest BCUT2D eigenvalue weighted by molar-refractivity contribution is 7.92. The van der Waals surface area contributed by atoms with Crippen LogP contribution in [0.25, 0.3) is 10.2 Å². The topological polar surface area (TPSA) is 70.6 Å². The number of fused-ring (bicyclic) bond motifs is 1. The molecule has 0 aliphatic rings. The van der Waals surface area contributed by atoms with Gasteiger partial charge in [0, 0.05) is 13.1 Å². The van der Waals surface area contributed by atoms with E-state index in [1.54, 1.807) is 18.2 Å². The van der Waals surface area contributed by atoms with Gasteiger partial charge in [-0.3, -0.25) is 9.69 Å². The quantitative estimate of drug-likeness (QED) is 0.570. The van der Waals surface area contributed by atoms with E-state index in [1.807, 2.05) is 25.9 Å². The van der Waals surface area contributed by atoms with E-state index in [0.717, 1.165) is 16.9 Å². The lowest BCUT2D eigenvalue weighted by molar-refractivity contribution is -0.116. The Hall–Kier alpha value is -2.36. The third kappa shape index (κ3) is 5.17. The fourth-order valence-electron chi connectivity index (χ4n) is 2.70. The van der Waals surface area contributed by atoms with Crippen LogP contribution in [0.15, 0.2) is 47.4 Å². The molecule has 0 bridgehead atoms. The first-order valence-electron chi connectivity index (χ1n) is 8.96. The molecule has 0 aliphatic heterocycles. The predicted octanol–water partition coefficient (Wildman–Crippen LogP) is 3.11. The standard InChI is InChI=1S/C20H22FN3O3S2/c1-14-4-7-16(8-5-14)29(26,27)13-19(25)24(11-10-23(2)3)20-22-17-9-6-15(21)12-18(17)28-20/h4-9,12H,10-11,13H2,1-3H3. The number of rotatable bonds is 7. The largest absolute Gasteiger partial charge is 0.308 e. The molecule has 154 valence electrons. The number of hydrogen-bond acceptors (Lipinski definition) is 6. The van der Waals surface area contributed by atoms with Crippen molar-refractivity contribution >= 4 is 42.4 Å². The molecule has 0 N–H and O–H groups in total. The Kier molecular flexibility index (Phi) is 6.30. The van der Waals surface area contributed by atoms with Crippen LogP contribution in [-0.2, 0) is 14.6 Å². The Morgan fingerprint density at radius 2 is 1.79 bits per heavy atom. The highest BCUT2D eigenvalue weighted by atomic mass is 32.2. The zero-order valence-electron chi connectivity index (χ0n) is 16.4. The molecule has 3 rings (SSSR count). The van der Waals surface area contributed by atoms with Crippen molar-refractivity contribution in [1.82, 2.24) is 9.88 Å². The maximum Gasteiger partial charge on any atom is 0.244 e. The van der Waals surface area contributed by atoms with E-state index in [9.17, 15) is 17.6 Å². The summed E-state index contributed by atoms with van der Waals surface area (Å²) in [5.74, 6) is -1.61. The van der Waals surface area contributed by atoms with Crippen molar-refractivity contribution in [2.45, 2.75) is 11.8 Å². The monoisotopic (exact) mass is 435 g/mol. The van der Waals surface area contributed by atoms with Crippen LogP contribution in [0, 0.1) is 12.7 Å². The summed E-state index contributed by atoms with van der Waals surface area (Å²) in [4.78, 5) is 20.8. The Labute approximate surface area is 173 Å². The second kappa shape index (κ2) is 8.56. The number of likely N-dealkylation sites (N-methyl/N-ethyl adjacent to an activating group) is 1. The summed E-state index contributed by atoms with van der Waals surface area (Å²) in [5, 5.41) is 0.358. The van der Waals surface area contributed by atoms with Gasteiger partial charge in [0.05, 0.1) is 15.1 Å². The molecule has 6 nitrogen and oxygen atoms in total. The number of nitrogens with zero attached hydrogens (tertiary/aromatic N) is 3. The van der Waals surface area contributed by atoms with Crippen molar-refractivity contribution in [3.05, 3.63) is 53.8 Å². The zero-order chi connectivity index (χ0) is 21.2. The van der Waals surface area contributed by atoms with Crippen LogP contribution in [0.5, 0.6) is 0 Å². The van der Waals surface area contributed by atoms with Gasteiger partial charge in [0.15, 0.2) is 15.0 Å². The van der Waals surface area contributed by atoms with Crippen molar-refractivity contribution < 1.29 is 17.6 Å². The van der Waals surface area contributed by atoms with E-state index in [4.69, 9.17) is 0 Å². The van der Waals surface area contributed by atoms with E-state index in [2.05, 4.69) is 4.98 Å². The van der Waals surface area contributed by atoms with Gasteiger partial charge in [-0.1, -0.05) is 29.0 Å². The lowest BCUT2D eigenvalue weighted by Gasteiger charge is -2.22. The number of carbonyl (C=O) groups is 1. The van der Waals surface area contributed by atoms with Gasteiger partial charge in [-0.05, 0) is 51.4 Å². The molecule has 1 heterocycles. The summed E-state index contributed by atoms with van der Waals surface area (Å²) in [6.45, 7) is 2.67. The van der Waals surface area contributed by atoms with Gasteiger partial charge in [0.25, 0.3) is 0 Å². The van der Waals surface area contributed by atoms with Crippen molar-refractivity contribution in [1.29, 1.82) is 0 Å². The Morgan fingerprint density at radius 3 is 2.45 bits per heavy atom. The summed E-state index contributed by atoms with van der Waals surface area (Å²) in [6.07, 6.45) is 0. The van der Waals surface area contributed by atoms with Gasteiger partial charge in [0.2, 0.25) is 5.91 Å². The van der Waals surface area contributed by atoms with Gasteiger partial charge in [-0.15, -0.1) is 0 Å². The molecule has 0 aliphatic carbocycles. The number of sulfone groups is 1.